The van der Waals surface area contributed by atoms with Crippen LogP contribution in [0.4, 0.5) is 11.6 Å². The molecule has 2 saturated heterocycles. The Labute approximate surface area is 216 Å². The highest BCUT2D eigenvalue weighted by Crippen LogP contribution is 2.45. The van der Waals surface area contributed by atoms with Crippen molar-refractivity contribution in [2.75, 3.05) is 11.1 Å². The third-order valence-corrected chi connectivity index (χ3v) is 7.41. The molecule has 194 valence electrons. The monoisotopic (exact) mass is 514 g/mol. The largest absolute Gasteiger partial charge is 0.383 e. The predicted molar refractivity (Wildman–Crippen MR) is 136 cm³/mol. The van der Waals surface area contributed by atoms with E-state index in [0.29, 0.717) is 41.1 Å². The lowest BCUT2D eigenvalue weighted by atomic mass is 9.85. The molecule has 0 radical (unpaired) electrons. The van der Waals surface area contributed by atoms with Crippen LogP contribution in [-0.4, -0.2) is 69.3 Å². The number of Topliss-reactive ketones (excluding diaryl/α,β-unsaturated/α-hetero) is 1. The molecule has 4 aromatic rings. The maximum atomic E-state index is 13.1. The molecule has 6 rings (SSSR count). The number of hydrogen-bond acceptors (Lipinski definition) is 9. The van der Waals surface area contributed by atoms with E-state index in [2.05, 4.69) is 30.6 Å². The quantitative estimate of drug-likeness (QED) is 0.337. The molecule has 6 heterocycles. The SMILES string of the molecule is CC(=O)Nc1ccc(-c2cnn3c(N)c(C(C)=O)c([C@H]4C[C@H]5CC[C@@H](C4)N5C(=O)c4ncn[nH]4)nc23)cn1. The van der Waals surface area contributed by atoms with E-state index < -0.39 is 0 Å². The average molecular weight is 515 g/mol. The number of carbonyl (C=O) groups is 3. The Balaban J connectivity index is 1.38. The highest BCUT2D eigenvalue weighted by Gasteiger charge is 2.45. The predicted octanol–water partition coefficient (Wildman–Crippen LogP) is 2.20. The zero-order valence-corrected chi connectivity index (χ0v) is 20.9. The Morgan fingerprint density at radius 2 is 1.84 bits per heavy atom. The van der Waals surface area contributed by atoms with Gasteiger partial charge in [0, 0.05) is 42.2 Å². The number of ketones is 1. The highest BCUT2D eigenvalue weighted by molar-refractivity contribution is 6.00. The van der Waals surface area contributed by atoms with Gasteiger partial charge in [-0.2, -0.15) is 14.7 Å². The maximum absolute atomic E-state index is 13.1. The highest BCUT2D eigenvalue weighted by atomic mass is 16.2. The molecule has 4 aromatic heterocycles. The van der Waals surface area contributed by atoms with Crippen LogP contribution in [0.2, 0.25) is 0 Å². The summed E-state index contributed by atoms with van der Waals surface area (Å²) >= 11 is 0. The summed E-state index contributed by atoms with van der Waals surface area (Å²) in [4.78, 5) is 52.4. The minimum Gasteiger partial charge on any atom is -0.383 e. The molecule has 0 saturated carbocycles. The number of nitrogen functional groups attached to an aromatic ring is 1. The fourth-order valence-corrected chi connectivity index (χ4v) is 5.86. The van der Waals surface area contributed by atoms with E-state index in [0.717, 1.165) is 18.4 Å². The molecule has 38 heavy (non-hydrogen) atoms. The van der Waals surface area contributed by atoms with E-state index in [1.165, 1.54) is 24.7 Å². The molecule has 3 atom stereocenters. The van der Waals surface area contributed by atoms with Crippen molar-refractivity contribution in [3.8, 4) is 11.1 Å². The standard InChI is InChI=1S/C25H26N10O3/c1-12(36)20-21(15-7-16-4-5-17(8-15)34(16)25(38)23-28-11-29-33-23)32-24-18(10-30-35(24)22(20)26)14-3-6-19(27-9-14)31-13(2)37/h3,6,9-11,15-17H,4-5,7-8,26H2,1-2H3,(H,27,31,37)(H,28,29,33)/t15-,16+,17-. The van der Waals surface area contributed by atoms with Crippen molar-refractivity contribution in [2.45, 2.75) is 57.5 Å². The fraction of sp³-hybridized carbons (Fsp3) is 0.360. The van der Waals surface area contributed by atoms with Gasteiger partial charge in [0.15, 0.2) is 11.4 Å². The zero-order valence-electron chi connectivity index (χ0n) is 20.9. The first-order valence-electron chi connectivity index (χ1n) is 12.4. The number of anilines is 2. The van der Waals surface area contributed by atoms with Crippen molar-refractivity contribution in [1.29, 1.82) is 0 Å². The van der Waals surface area contributed by atoms with Crippen LogP contribution in [0.15, 0.2) is 30.9 Å². The lowest BCUT2D eigenvalue weighted by Crippen LogP contribution is -2.46. The molecular formula is C25H26N10O3. The summed E-state index contributed by atoms with van der Waals surface area (Å²) in [6, 6.07) is 3.53. The number of nitrogens with two attached hydrogens (primary N) is 1. The number of H-pyrrole nitrogens is 1. The van der Waals surface area contributed by atoms with Crippen molar-refractivity contribution in [3.63, 3.8) is 0 Å². The third kappa shape index (κ3) is 3.86. The molecular weight excluding hydrogens is 488 g/mol. The van der Waals surface area contributed by atoms with Gasteiger partial charge in [0.25, 0.3) is 5.91 Å². The van der Waals surface area contributed by atoms with E-state index in [-0.39, 0.29) is 47.2 Å². The number of rotatable bonds is 5. The van der Waals surface area contributed by atoms with Gasteiger partial charge in [-0.25, -0.2) is 15.0 Å². The van der Waals surface area contributed by atoms with Crippen LogP contribution < -0.4 is 11.1 Å². The number of aromatic amines is 1. The second-order valence-electron chi connectivity index (χ2n) is 9.82. The molecule has 2 aliphatic rings. The Bertz CT molecular complexity index is 1550. The third-order valence-electron chi connectivity index (χ3n) is 7.41. The minimum atomic E-state index is -0.209. The van der Waals surface area contributed by atoms with Gasteiger partial charge in [-0.05, 0) is 44.7 Å². The zero-order chi connectivity index (χ0) is 26.6. The van der Waals surface area contributed by atoms with Gasteiger partial charge in [-0.3, -0.25) is 19.5 Å². The number of nitrogens with zero attached hydrogens (tertiary/aromatic N) is 7. The van der Waals surface area contributed by atoms with Gasteiger partial charge in [-0.1, -0.05) is 0 Å². The molecule has 0 aromatic carbocycles. The first-order valence-corrected chi connectivity index (χ1v) is 12.4. The van der Waals surface area contributed by atoms with Crippen molar-refractivity contribution in [1.82, 2.24) is 39.7 Å². The molecule has 0 aliphatic carbocycles. The number of carbonyl (C=O) groups excluding carboxylic acids is 3. The van der Waals surface area contributed by atoms with Crippen LogP contribution in [0.5, 0.6) is 0 Å². The Morgan fingerprint density at radius 3 is 2.45 bits per heavy atom. The fourth-order valence-electron chi connectivity index (χ4n) is 5.86. The lowest BCUT2D eigenvalue weighted by Gasteiger charge is -2.38. The summed E-state index contributed by atoms with van der Waals surface area (Å²) in [6.45, 7) is 2.90. The van der Waals surface area contributed by atoms with Gasteiger partial charge in [0.05, 0.1) is 17.5 Å². The molecule has 13 nitrogen and oxygen atoms in total. The van der Waals surface area contributed by atoms with Crippen LogP contribution in [-0.2, 0) is 4.79 Å². The van der Waals surface area contributed by atoms with Gasteiger partial charge in [0.1, 0.15) is 18.0 Å². The van der Waals surface area contributed by atoms with Crippen molar-refractivity contribution in [3.05, 3.63) is 47.9 Å². The molecule has 0 unspecified atom stereocenters. The number of pyridine rings is 1. The lowest BCUT2D eigenvalue weighted by molar-refractivity contribution is -0.114. The van der Waals surface area contributed by atoms with E-state index >= 15 is 0 Å². The van der Waals surface area contributed by atoms with E-state index in [4.69, 9.17) is 10.7 Å². The van der Waals surface area contributed by atoms with Crippen LogP contribution in [0, 0.1) is 0 Å². The second kappa shape index (κ2) is 9.01. The molecule has 2 amide bonds. The van der Waals surface area contributed by atoms with Gasteiger partial charge >= 0.3 is 0 Å². The Kier molecular flexibility index (Phi) is 5.62. The van der Waals surface area contributed by atoms with Crippen LogP contribution in [0.25, 0.3) is 16.8 Å². The minimum absolute atomic E-state index is 0.00492. The number of hydrogen-bond donors (Lipinski definition) is 3. The number of fused-ring (bicyclic) bond motifs is 3. The number of piperidine rings is 1. The number of aromatic nitrogens is 7. The number of amides is 2. The van der Waals surface area contributed by atoms with E-state index in [1.54, 1.807) is 18.5 Å². The van der Waals surface area contributed by atoms with E-state index in [9.17, 15) is 14.4 Å². The average Bonchev–Trinajstić information content (AvgIpc) is 3.62. The van der Waals surface area contributed by atoms with Crippen LogP contribution >= 0.6 is 0 Å². The molecule has 13 heteroatoms. The van der Waals surface area contributed by atoms with Crippen LogP contribution in [0.1, 0.15) is 72.1 Å². The molecule has 0 spiro atoms. The molecule has 2 bridgehead atoms. The van der Waals surface area contributed by atoms with Gasteiger partial charge in [0.2, 0.25) is 11.7 Å². The summed E-state index contributed by atoms with van der Waals surface area (Å²) in [5, 5.41) is 13.5. The van der Waals surface area contributed by atoms with Gasteiger partial charge in [-0.15, -0.1) is 0 Å². The van der Waals surface area contributed by atoms with E-state index in [1.807, 2.05) is 11.0 Å². The van der Waals surface area contributed by atoms with Gasteiger partial charge < -0.3 is 16.0 Å². The summed E-state index contributed by atoms with van der Waals surface area (Å²) in [6.07, 6.45) is 7.67. The summed E-state index contributed by atoms with van der Waals surface area (Å²) in [7, 11) is 0. The normalized spacial score (nSPS) is 20.6. The van der Waals surface area contributed by atoms with Crippen molar-refractivity contribution in [2.24, 2.45) is 0 Å². The molecule has 4 N–H and O–H groups in total. The second-order valence-corrected chi connectivity index (χ2v) is 9.82. The molecule has 2 fully saturated rings. The Morgan fingerprint density at radius 1 is 1.08 bits per heavy atom. The van der Waals surface area contributed by atoms with Crippen LogP contribution in [0.3, 0.4) is 0 Å². The summed E-state index contributed by atoms with van der Waals surface area (Å²) in [5.74, 6) is 0.302. The first-order chi connectivity index (χ1) is 18.3. The Hall–Kier alpha value is -4.68. The van der Waals surface area contributed by atoms with Crippen molar-refractivity contribution >= 4 is 34.9 Å². The number of nitrogens with one attached hydrogen (secondary N) is 2. The summed E-state index contributed by atoms with van der Waals surface area (Å²) < 4.78 is 1.48. The topological polar surface area (TPSA) is 177 Å². The first kappa shape index (κ1) is 23.7. The smallest absolute Gasteiger partial charge is 0.291 e. The molecule has 2 aliphatic heterocycles. The summed E-state index contributed by atoms with van der Waals surface area (Å²) in [5.41, 5.74) is 9.48. The van der Waals surface area contributed by atoms with Crippen molar-refractivity contribution < 1.29 is 14.4 Å². The maximum Gasteiger partial charge on any atom is 0.291 e.